The van der Waals surface area contributed by atoms with Crippen molar-refractivity contribution in [3.63, 3.8) is 0 Å². The molecule has 0 aliphatic carbocycles. The van der Waals surface area contributed by atoms with Crippen LogP contribution in [0.15, 0.2) is 24.3 Å². The van der Waals surface area contributed by atoms with E-state index < -0.39 is 0 Å². The van der Waals surface area contributed by atoms with Gasteiger partial charge in [0.25, 0.3) is 0 Å². The van der Waals surface area contributed by atoms with Crippen LogP contribution in [0.4, 0.5) is 5.69 Å². The summed E-state index contributed by atoms with van der Waals surface area (Å²) in [5, 5.41) is 3.02. The van der Waals surface area contributed by atoms with Crippen molar-refractivity contribution in [3.8, 4) is 0 Å². The van der Waals surface area contributed by atoms with Crippen LogP contribution in [0.25, 0.3) is 0 Å². The number of carbonyl (C=O) groups is 1. The molecule has 1 amide bonds. The van der Waals surface area contributed by atoms with Gasteiger partial charge in [-0.15, -0.1) is 0 Å². The first kappa shape index (κ1) is 14.9. The summed E-state index contributed by atoms with van der Waals surface area (Å²) in [6.45, 7) is 5.86. The number of carbonyl (C=O) groups excluding carboxylic acids is 1. The number of nitrogens with zero attached hydrogens (tertiary/aromatic N) is 1. The molecule has 0 bridgehead atoms. The Balaban J connectivity index is 2.15. The largest absolute Gasteiger partial charge is 0.399 e. The number of nitrogens with one attached hydrogen (secondary N) is 1. The molecule has 1 saturated heterocycles. The van der Waals surface area contributed by atoms with E-state index in [-0.39, 0.29) is 11.9 Å². The smallest absolute Gasteiger partial charge is 0.237 e. The summed E-state index contributed by atoms with van der Waals surface area (Å²) >= 11 is 0. The monoisotopic (exact) mass is 275 g/mol. The molecule has 1 fully saturated rings. The quantitative estimate of drug-likeness (QED) is 0.828. The van der Waals surface area contributed by atoms with Crippen LogP contribution >= 0.6 is 0 Å². The summed E-state index contributed by atoms with van der Waals surface area (Å²) in [5.74, 6) is 0.167. The van der Waals surface area contributed by atoms with Gasteiger partial charge in [0.05, 0.1) is 6.04 Å². The Hall–Kier alpha value is -1.55. The van der Waals surface area contributed by atoms with Gasteiger partial charge < -0.3 is 11.1 Å². The van der Waals surface area contributed by atoms with Crippen LogP contribution < -0.4 is 11.1 Å². The summed E-state index contributed by atoms with van der Waals surface area (Å²) < 4.78 is 0. The van der Waals surface area contributed by atoms with Gasteiger partial charge in [-0.1, -0.05) is 12.1 Å². The fraction of sp³-hybridized carbons (Fsp3) is 0.562. The zero-order chi connectivity index (χ0) is 14.5. The zero-order valence-corrected chi connectivity index (χ0v) is 12.4. The van der Waals surface area contributed by atoms with Crippen LogP contribution in [-0.4, -0.2) is 29.4 Å². The van der Waals surface area contributed by atoms with Crippen LogP contribution in [0.2, 0.25) is 0 Å². The number of benzene rings is 1. The Morgan fingerprint density at radius 3 is 2.90 bits per heavy atom. The van der Waals surface area contributed by atoms with Crippen molar-refractivity contribution in [2.24, 2.45) is 0 Å². The third-order valence-electron chi connectivity index (χ3n) is 3.89. The van der Waals surface area contributed by atoms with Gasteiger partial charge in [-0.2, -0.15) is 0 Å². The number of nitrogen functional groups attached to an aromatic ring is 1. The lowest BCUT2D eigenvalue weighted by atomic mass is 10.1. The van der Waals surface area contributed by atoms with Gasteiger partial charge in [-0.05, 0) is 50.8 Å². The molecule has 2 rings (SSSR count). The molecule has 4 nitrogen and oxygen atoms in total. The fourth-order valence-corrected chi connectivity index (χ4v) is 2.79. The molecule has 1 aliphatic rings. The van der Waals surface area contributed by atoms with Crippen LogP contribution in [0.5, 0.6) is 0 Å². The van der Waals surface area contributed by atoms with Gasteiger partial charge in [0.15, 0.2) is 0 Å². The fourth-order valence-electron chi connectivity index (χ4n) is 2.79. The lowest BCUT2D eigenvalue weighted by molar-refractivity contribution is -0.127. The van der Waals surface area contributed by atoms with Crippen LogP contribution in [0, 0.1) is 0 Å². The molecule has 1 atom stereocenters. The SMILES string of the molecule is CC(C)N(Cc1cccc(N)c1)C1CCCCNC1=O. The van der Waals surface area contributed by atoms with Crippen molar-refractivity contribution >= 4 is 11.6 Å². The molecule has 4 heteroatoms. The second-order valence-electron chi connectivity index (χ2n) is 5.81. The predicted molar refractivity (Wildman–Crippen MR) is 82.2 cm³/mol. The number of nitrogens with two attached hydrogens (primary N) is 1. The van der Waals surface area contributed by atoms with Gasteiger partial charge in [0, 0.05) is 24.8 Å². The minimum Gasteiger partial charge on any atom is -0.399 e. The van der Waals surface area contributed by atoms with Crippen molar-refractivity contribution in [1.82, 2.24) is 10.2 Å². The van der Waals surface area contributed by atoms with Crippen molar-refractivity contribution in [2.75, 3.05) is 12.3 Å². The van der Waals surface area contributed by atoms with Crippen LogP contribution in [-0.2, 0) is 11.3 Å². The van der Waals surface area contributed by atoms with Gasteiger partial charge >= 0.3 is 0 Å². The summed E-state index contributed by atoms with van der Waals surface area (Å²) in [6.07, 6.45) is 3.11. The molecular formula is C16H25N3O. The maximum atomic E-state index is 12.2. The first-order chi connectivity index (χ1) is 9.58. The van der Waals surface area contributed by atoms with Crippen LogP contribution in [0.1, 0.15) is 38.7 Å². The molecule has 110 valence electrons. The van der Waals surface area contributed by atoms with E-state index in [2.05, 4.69) is 30.1 Å². The maximum Gasteiger partial charge on any atom is 0.237 e. The first-order valence-corrected chi connectivity index (χ1v) is 7.46. The van der Waals surface area contributed by atoms with Crippen LogP contribution in [0.3, 0.4) is 0 Å². The highest BCUT2D eigenvalue weighted by atomic mass is 16.2. The predicted octanol–water partition coefficient (Wildman–Crippen LogP) is 2.15. The summed E-state index contributed by atoms with van der Waals surface area (Å²) in [6, 6.07) is 8.21. The molecule has 0 aromatic heterocycles. The van der Waals surface area contributed by atoms with E-state index in [4.69, 9.17) is 5.73 Å². The average Bonchev–Trinajstić information content (AvgIpc) is 2.61. The molecule has 0 saturated carbocycles. The molecule has 1 aromatic carbocycles. The Morgan fingerprint density at radius 1 is 1.40 bits per heavy atom. The summed E-state index contributed by atoms with van der Waals surface area (Å²) in [5.41, 5.74) is 7.78. The molecule has 1 aliphatic heterocycles. The number of anilines is 1. The first-order valence-electron chi connectivity index (χ1n) is 7.46. The lowest BCUT2D eigenvalue weighted by Crippen LogP contribution is -2.48. The van der Waals surface area contributed by atoms with Gasteiger partial charge in [-0.25, -0.2) is 0 Å². The second kappa shape index (κ2) is 6.75. The highest BCUT2D eigenvalue weighted by Gasteiger charge is 2.28. The Bertz CT molecular complexity index is 459. The molecule has 1 aromatic rings. The van der Waals surface area contributed by atoms with Crippen molar-refractivity contribution in [1.29, 1.82) is 0 Å². The maximum absolute atomic E-state index is 12.2. The van der Waals surface area contributed by atoms with E-state index in [1.807, 2.05) is 18.2 Å². The van der Waals surface area contributed by atoms with Gasteiger partial charge in [-0.3, -0.25) is 9.69 Å². The normalized spacial score (nSPS) is 20.0. The number of hydrogen-bond acceptors (Lipinski definition) is 3. The van der Waals surface area contributed by atoms with Gasteiger partial charge in [0.2, 0.25) is 5.91 Å². The highest BCUT2D eigenvalue weighted by molar-refractivity contribution is 5.82. The summed E-state index contributed by atoms with van der Waals surface area (Å²) in [4.78, 5) is 14.5. The zero-order valence-electron chi connectivity index (χ0n) is 12.4. The van der Waals surface area contributed by atoms with E-state index >= 15 is 0 Å². The molecule has 1 unspecified atom stereocenters. The number of rotatable bonds is 4. The molecular weight excluding hydrogens is 250 g/mol. The minimum atomic E-state index is -0.0288. The Labute approximate surface area is 121 Å². The van der Waals surface area contributed by atoms with Gasteiger partial charge in [0.1, 0.15) is 0 Å². The highest BCUT2D eigenvalue weighted by Crippen LogP contribution is 2.19. The van der Waals surface area contributed by atoms with Crippen molar-refractivity contribution in [3.05, 3.63) is 29.8 Å². The number of amides is 1. The van der Waals surface area contributed by atoms with E-state index in [1.165, 1.54) is 0 Å². The third-order valence-corrected chi connectivity index (χ3v) is 3.89. The average molecular weight is 275 g/mol. The second-order valence-corrected chi connectivity index (χ2v) is 5.81. The summed E-state index contributed by atoms with van der Waals surface area (Å²) in [7, 11) is 0. The van der Waals surface area contributed by atoms with Crippen molar-refractivity contribution in [2.45, 2.75) is 51.7 Å². The third kappa shape index (κ3) is 3.73. The minimum absolute atomic E-state index is 0.0288. The standard InChI is InChI=1S/C16H25N3O/c1-12(2)19(11-13-6-5-7-14(17)10-13)15-8-3-4-9-18-16(15)20/h5-7,10,12,15H,3-4,8-9,11,17H2,1-2H3,(H,18,20). The van der Waals surface area contributed by atoms with E-state index in [9.17, 15) is 4.79 Å². The lowest BCUT2D eigenvalue weighted by Gasteiger charge is -2.33. The van der Waals surface area contributed by atoms with E-state index in [1.54, 1.807) is 0 Å². The molecule has 0 radical (unpaired) electrons. The Kier molecular flexibility index (Phi) is 5.01. The Morgan fingerprint density at radius 2 is 2.20 bits per heavy atom. The molecule has 20 heavy (non-hydrogen) atoms. The topological polar surface area (TPSA) is 58.4 Å². The molecule has 1 heterocycles. The molecule has 3 N–H and O–H groups in total. The van der Waals surface area contributed by atoms with Crippen molar-refractivity contribution < 1.29 is 4.79 Å². The molecule has 0 spiro atoms. The van der Waals surface area contributed by atoms with E-state index in [0.29, 0.717) is 6.04 Å². The van der Waals surface area contributed by atoms with E-state index in [0.717, 1.165) is 43.6 Å². The number of hydrogen-bond donors (Lipinski definition) is 2.